The van der Waals surface area contributed by atoms with E-state index in [1.54, 1.807) is 0 Å². The summed E-state index contributed by atoms with van der Waals surface area (Å²) in [5.41, 5.74) is 0. The molecule has 2 aliphatic carbocycles. The molecule has 1 atom stereocenters. The Labute approximate surface area is 115 Å². The fourth-order valence-electron chi connectivity index (χ4n) is 4.73. The average Bonchev–Trinajstić information content (AvgIpc) is 2.41. The first-order valence-electron chi connectivity index (χ1n) is 8.70. The Kier molecular flexibility index (Phi) is 5.64. The maximum absolute atomic E-state index is 2.55. The number of rotatable bonds is 4. The summed E-state index contributed by atoms with van der Waals surface area (Å²) in [7, 11) is 0. The minimum atomic E-state index is 0.874. The van der Waals surface area contributed by atoms with Crippen molar-refractivity contribution >= 4 is 6.71 Å². The zero-order valence-electron chi connectivity index (χ0n) is 13.0. The highest BCUT2D eigenvalue weighted by atomic mass is 14.2. The molecule has 0 spiro atoms. The van der Waals surface area contributed by atoms with Crippen molar-refractivity contribution in [2.45, 2.75) is 102 Å². The van der Waals surface area contributed by atoms with Crippen LogP contribution in [-0.4, -0.2) is 6.71 Å². The van der Waals surface area contributed by atoms with Crippen molar-refractivity contribution in [1.82, 2.24) is 0 Å². The van der Waals surface area contributed by atoms with Crippen LogP contribution in [-0.2, 0) is 0 Å². The molecule has 0 aromatic rings. The third-order valence-corrected chi connectivity index (χ3v) is 6.05. The Morgan fingerprint density at radius 2 is 1.06 bits per heavy atom. The second-order valence-corrected chi connectivity index (χ2v) is 7.48. The van der Waals surface area contributed by atoms with E-state index in [1.165, 1.54) is 64.2 Å². The summed E-state index contributed by atoms with van der Waals surface area (Å²) in [6, 6.07) is 0. The van der Waals surface area contributed by atoms with Gasteiger partial charge in [-0.05, 0) is 0 Å². The molecule has 0 bridgehead atoms. The van der Waals surface area contributed by atoms with Crippen LogP contribution in [0.15, 0.2) is 0 Å². The molecule has 0 radical (unpaired) electrons. The molecule has 0 heterocycles. The Morgan fingerprint density at radius 1 is 0.667 bits per heavy atom. The lowest BCUT2D eigenvalue weighted by Gasteiger charge is -2.40. The van der Waals surface area contributed by atoms with Crippen molar-refractivity contribution in [3.63, 3.8) is 0 Å². The molecule has 1 unspecified atom stereocenters. The van der Waals surface area contributed by atoms with Crippen LogP contribution in [0.25, 0.3) is 0 Å². The summed E-state index contributed by atoms with van der Waals surface area (Å²) in [6.45, 7) is 8.50. The van der Waals surface area contributed by atoms with Crippen LogP contribution < -0.4 is 0 Å². The van der Waals surface area contributed by atoms with Gasteiger partial charge in [0.2, 0.25) is 0 Å². The van der Waals surface area contributed by atoms with Crippen LogP contribution in [0.3, 0.4) is 0 Å². The number of hydrogen-bond donors (Lipinski definition) is 0. The zero-order chi connectivity index (χ0) is 13.0. The maximum Gasteiger partial charge on any atom is 0.149 e. The Balaban J connectivity index is 2.05. The molecule has 0 nitrogen and oxygen atoms in total. The van der Waals surface area contributed by atoms with E-state index >= 15 is 0 Å². The molecule has 2 aliphatic rings. The van der Waals surface area contributed by atoms with Crippen molar-refractivity contribution < 1.29 is 0 Å². The summed E-state index contributed by atoms with van der Waals surface area (Å²) < 4.78 is 0. The van der Waals surface area contributed by atoms with E-state index in [4.69, 9.17) is 0 Å². The molecule has 0 aromatic heterocycles. The average molecular weight is 248 g/mol. The van der Waals surface area contributed by atoms with Gasteiger partial charge < -0.3 is 0 Å². The third-order valence-electron chi connectivity index (χ3n) is 6.05. The van der Waals surface area contributed by atoms with Crippen molar-refractivity contribution in [2.75, 3.05) is 0 Å². The van der Waals surface area contributed by atoms with Crippen LogP contribution in [0.1, 0.15) is 85.0 Å². The van der Waals surface area contributed by atoms with Crippen LogP contribution >= 0.6 is 0 Å². The van der Waals surface area contributed by atoms with Crippen molar-refractivity contribution in [3.8, 4) is 0 Å². The highest BCUT2D eigenvalue weighted by Crippen LogP contribution is 2.47. The molecule has 1 heteroatoms. The monoisotopic (exact) mass is 248 g/mol. The predicted molar refractivity (Wildman–Crippen MR) is 83.7 cm³/mol. The minimum absolute atomic E-state index is 0.874. The molecule has 2 rings (SSSR count). The molecule has 104 valence electrons. The van der Waals surface area contributed by atoms with Gasteiger partial charge in [-0.1, -0.05) is 108 Å². The van der Waals surface area contributed by atoms with Gasteiger partial charge in [-0.15, -0.1) is 0 Å². The van der Waals surface area contributed by atoms with Gasteiger partial charge in [0, 0.05) is 0 Å². The molecule has 2 fully saturated rings. The van der Waals surface area contributed by atoms with Gasteiger partial charge in [-0.3, -0.25) is 0 Å². The summed E-state index contributed by atoms with van der Waals surface area (Å²) in [6.07, 6.45) is 15.2. The Hall–Kier alpha value is 0.0649. The van der Waals surface area contributed by atoms with E-state index in [-0.39, 0.29) is 0 Å². The summed E-state index contributed by atoms with van der Waals surface area (Å²) >= 11 is 0. The highest BCUT2D eigenvalue weighted by molar-refractivity contribution is 6.63. The summed E-state index contributed by atoms with van der Waals surface area (Å²) in [4.78, 5) is 0. The first kappa shape index (κ1) is 14.5. The van der Waals surface area contributed by atoms with Crippen molar-refractivity contribution in [1.29, 1.82) is 0 Å². The van der Waals surface area contributed by atoms with E-state index in [0.29, 0.717) is 0 Å². The van der Waals surface area contributed by atoms with E-state index in [2.05, 4.69) is 20.8 Å². The van der Waals surface area contributed by atoms with Crippen molar-refractivity contribution in [3.05, 3.63) is 0 Å². The minimum Gasteiger partial charge on any atom is -0.0688 e. The second-order valence-electron chi connectivity index (χ2n) is 7.48. The van der Waals surface area contributed by atoms with Crippen LogP contribution in [0, 0.1) is 5.92 Å². The molecule has 0 amide bonds. The van der Waals surface area contributed by atoms with Gasteiger partial charge in [-0.2, -0.15) is 0 Å². The van der Waals surface area contributed by atoms with Gasteiger partial charge in [0.05, 0.1) is 0 Å². The highest BCUT2D eigenvalue weighted by Gasteiger charge is 2.38. The van der Waals surface area contributed by atoms with Crippen molar-refractivity contribution in [2.24, 2.45) is 5.92 Å². The largest absolute Gasteiger partial charge is 0.149 e. The van der Waals surface area contributed by atoms with Crippen LogP contribution in [0.2, 0.25) is 17.5 Å². The molecule has 0 N–H and O–H groups in total. The molecule has 18 heavy (non-hydrogen) atoms. The molecule has 0 aliphatic heterocycles. The second kappa shape index (κ2) is 7.01. The first-order valence-corrected chi connectivity index (χ1v) is 8.70. The lowest BCUT2D eigenvalue weighted by atomic mass is 9.24. The lowest BCUT2D eigenvalue weighted by molar-refractivity contribution is 0.445. The van der Waals surface area contributed by atoms with Gasteiger partial charge in [0.25, 0.3) is 0 Å². The topological polar surface area (TPSA) is 0 Å². The van der Waals surface area contributed by atoms with E-state index in [0.717, 1.165) is 30.1 Å². The number of hydrogen-bond acceptors (Lipinski definition) is 0. The predicted octanol–water partition coefficient (Wildman–Crippen LogP) is 6.20. The standard InChI is InChI=1S/C17H33B/c1-14(2)15(3)18(16-10-6-4-7-11-16)17-12-8-5-9-13-17/h14-17H,4-13H2,1-3H3. The van der Waals surface area contributed by atoms with E-state index in [1.807, 2.05) is 0 Å². The van der Waals surface area contributed by atoms with Gasteiger partial charge in [0.1, 0.15) is 6.71 Å². The Bertz CT molecular complexity index is 206. The summed E-state index contributed by atoms with van der Waals surface area (Å²) in [5.74, 6) is 3.95. The fraction of sp³-hybridized carbons (Fsp3) is 1.00. The lowest BCUT2D eigenvalue weighted by Crippen LogP contribution is -2.35. The van der Waals surface area contributed by atoms with E-state index < -0.39 is 0 Å². The van der Waals surface area contributed by atoms with Gasteiger partial charge >= 0.3 is 0 Å². The smallest absolute Gasteiger partial charge is 0.0688 e. The summed E-state index contributed by atoms with van der Waals surface area (Å²) in [5, 5.41) is 0. The van der Waals surface area contributed by atoms with Gasteiger partial charge in [-0.25, -0.2) is 0 Å². The molecular formula is C17H33B. The molecule has 0 aromatic carbocycles. The quantitative estimate of drug-likeness (QED) is 0.520. The van der Waals surface area contributed by atoms with Crippen LogP contribution in [0.5, 0.6) is 0 Å². The van der Waals surface area contributed by atoms with E-state index in [9.17, 15) is 0 Å². The molecule has 2 saturated carbocycles. The normalized spacial score (nSPS) is 25.3. The SMILES string of the molecule is CC(C)C(C)B(C1CCCCC1)C1CCCCC1. The Morgan fingerprint density at radius 3 is 1.39 bits per heavy atom. The molecule has 0 saturated heterocycles. The molecular weight excluding hydrogens is 215 g/mol. The van der Waals surface area contributed by atoms with Gasteiger partial charge in [0.15, 0.2) is 0 Å². The first-order chi connectivity index (χ1) is 8.70. The van der Waals surface area contributed by atoms with Crippen LogP contribution in [0.4, 0.5) is 0 Å². The zero-order valence-corrected chi connectivity index (χ0v) is 13.0. The fourth-order valence-corrected chi connectivity index (χ4v) is 4.73. The maximum atomic E-state index is 2.55. The third kappa shape index (κ3) is 3.55.